The van der Waals surface area contributed by atoms with E-state index in [-0.39, 0.29) is 16.7 Å². The molecule has 152 valence electrons. The van der Waals surface area contributed by atoms with Crippen LogP contribution in [-0.2, 0) is 14.8 Å². The predicted octanol–water partition coefficient (Wildman–Crippen LogP) is 2.31. The SMILES string of the molecule is O=C(CCCN1CCCC1)N1CCC[C@H](C2=NS(=O)(=O)c3ccccc3N2)C1. The first-order valence-electron chi connectivity index (χ1n) is 10.2. The minimum atomic E-state index is -3.69. The fourth-order valence-corrected chi connectivity index (χ4v) is 5.56. The molecule has 3 heterocycles. The monoisotopic (exact) mass is 404 g/mol. The van der Waals surface area contributed by atoms with Crippen LogP contribution in [0.5, 0.6) is 0 Å². The second-order valence-corrected chi connectivity index (χ2v) is 9.48. The number of hydrogen-bond acceptors (Lipinski definition) is 5. The Kier molecular flexibility index (Phi) is 5.68. The highest BCUT2D eigenvalue weighted by Crippen LogP contribution is 2.30. The highest BCUT2D eigenvalue weighted by Gasteiger charge is 2.32. The fraction of sp³-hybridized carbons (Fsp3) is 0.600. The van der Waals surface area contributed by atoms with Gasteiger partial charge in [0.1, 0.15) is 10.7 Å². The number of piperidine rings is 1. The van der Waals surface area contributed by atoms with Crippen LogP contribution in [0.3, 0.4) is 0 Å². The third-order valence-corrected chi connectivity index (χ3v) is 7.22. The Hall–Kier alpha value is -1.93. The zero-order chi connectivity index (χ0) is 19.6. The predicted molar refractivity (Wildman–Crippen MR) is 109 cm³/mol. The molecule has 0 radical (unpaired) electrons. The first-order valence-corrected chi connectivity index (χ1v) is 11.7. The Labute approximate surface area is 166 Å². The van der Waals surface area contributed by atoms with Crippen LogP contribution in [0, 0.1) is 5.92 Å². The molecule has 7 nitrogen and oxygen atoms in total. The molecule has 0 aliphatic carbocycles. The Balaban J connectivity index is 1.37. The lowest BCUT2D eigenvalue weighted by molar-refractivity contribution is -0.132. The smallest absolute Gasteiger partial charge is 0.286 e. The maximum atomic E-state index is 12.7. The third kappa shape index (κ3) is 4.22. The van der Waals surface area contributed by atoms with Gasteiger partial charge >= 0.3 is 0 Å². The minimum Gasteiger partial charge on any atom is -0.342 e. The molecule has 3 aliphatic rings. The van der Waals surface area contributed by atoms with E-state index >= 15 is 0 Å². The van der Waals surface area contributed by atoms with Crippen molar-refractivity contribution in [3.05, 3.63) is 24.3 Å². The number of nitrogens with zero attached hydrogens (tertiary/aromatic N) is 3. The molecule has 1 amide bonds. The van der Waals surface area contributed by atoms with Crippen LogP contribution >= 0.6 is 0 Å². The number of sulfonamides is 1. The van der Waals surface area contributed by atoms with Gasteiger partial charge in [-0.1, -0.05) is 12.1 Å². The fourth-order valence-electron chi connectivity index (χ4n) is 4.36. The highest BCUT2D eigenvalue weighted by atomic mass is 32.2. The van der Waals surface area contributed by atoms with E-state index in [1.807, 2.05) is 4.90 Å². The van der Waals surface area contributed by atoms with Crippen LogP contribution in [0.4, 0.5) is 5.69 Å². The van der Waals surface area contributed by atoms with Crippen LogP contribution in [0.15, 0.2) is 33.6 Å². The first kappa shape index (κ1) is 19.4. The van der Waals surface area contributed by atoms with Crippen molar-refractivity contribution in [2.24, 2.45) is 10.3 Å². The summed E-state index contributed by atoms with van der Waals surface area (Å²) in [5, 5.41) is 3.19. The van der Waals surface area contributed by atoms with Crippen LogP contribution < -0.4 is 5.32 Å². The van der Waals surface area contributed by atoms with Crippen LogP contribution in [-0.4, -0.2) is 62.7 Å². The summed E-state index contributed by atoms with van der Waals surface area (Å²) in [7, 11) is -3.69. The van der Waals surface area contributed by atoms with Crippen LogP contribution in [0.1, 0.15) is 38.5 Å². The molecule has 0 bridgehead atoms. The molecule has 0 saturated carbocycles. The number of rotatable bonds is 5. The number of carbonyl (C=O) groups excluding carboxylic acids is 1. The van der Waals surface area contributed by atoms with Crippen molar-refractivity contribution in [3.8, 4) is 0 Å². The van der Waals surface area contributed by atoms with E-state index in [1.165, 1.54) is 12.8 Å². The average molecular weight is 405 g/mol. The standard InChI is InChI=1S/C20H28N4O3S/c25-19(10-6-13-23-11-3-4-12-23)24-14-5-7-16(15-24)20-21-17-8-1-2-9-18(17)28(26,27)22-20/h1-2,8-9,16H,3-7,10-15H2,(H,21,22)/t16-/m0/s1. The van der Waals surface area contributed by atoms with Gasteiger partial charge in [-0.05, 0) is 63.9 Å². The van der Waals surface area contributed by atoms with E-state index in [0.717, 1.165) is 45.4 Å². The maximum absolute atomic E-state index is 12.7. The van der Waals surface area contributed by atoms with Gasteiger partial charge in [0.25, 0.3) is 10.0 Å². The van der Waals surface area contributed by atoms with Gasteiger partial charge in [0.05, 0.1) is 5.69 Å². The van der Waals surface area contributed by atoms with E-state index in [1.54, 1.807) is 24.3 Å². The van der Waals surface area contributed by atoms with Gasteiger partial charge in [-0.2, -0.15) is 8.42 Å². The zero-order valence-corrected chi connectivity index (χ0v) is 17.0. The summed E-state index contributed by atoms with van der Waals surface area (Å²) in [6.07, 6.45) is 5.68. The largest absolute Gasteiger partial charge is 0.342 e. The van der Waals surface area contributed by atoms with Crippen molar-refractivity contribution in [1.82, 2.24) is 9.80 Å². The molecule has 2 saturated heterocycles. The van der Waals surface area contributed by atoms with Crippen molar-refractivity contribution in [3.63, 3.8) is 0 Å². The van der Waals surface area contributed by atoms with Gasteiger partial charge < -0.3 is 15.1 Å². The number of amides is 1. The second-order valence-electron chi connectivity index (χ2n) is 7.90. The number of likely N-dealkylation sites (tertiary alicyclic amines) is 2. The lowest BCUT2D eigenvalue weighted by atomic mass is 9.96. The molecule has 4 rings (SSSR count). The van der Waals surface area contributed by atoms with Crippen molar-refractivity contribution >= 4 is 27.5 Å². The van der Waals surface area contributed by atoms with E-state index in [4.69, 9.17) is 0 Å². The van der Waals surface area contributed by atoms with Crippen LogP contribution in [0.25, 0.3) is 0 Å². The Morgan fingerprint density at radius 1 is 1.14 bits per heavy atom. The van der Waals surface area contributed by atoms with Gasteiger partial charge in [0, 0.05) is 25.4 Å². The minimum absolute atomic E-state index is 0.0700. The van der Waals surface area contributed by atoms with Gasteiger partial charge in [0.2, 0.25) is 5.91 Å². The number of amidine groups is 1. The molecule has 28 heavy (non-hydrogen) atoms. The molecule has 0 aromatic heterocycles. The summed E-state index contributed by atoms with van der Waals surface area (Å²) >= 11 is 0. The number of hydrogen-bond donors (Lipinski definition) is 1. The molecule has 0 unspecified atom stereocenters. The summed E-state index contributed by atoms with van der Waals surface area (Å²) < 4.78 is 29.0. The number of benzene rings is 1. The zero-order valence-electron chi connectivity index (χ0n) is 16.1. The third-order valence-electron chi connectivity index (χ3n) is 5.87. The van der Waals surface area contributed by atoms with Crippen molar-refractivity contribution in [2.45, 2.75) is 43.4 Å². The van der Waals surface area contributed by atoms with Gasteiger partial charge in [-0.25, -0.2) is 0 Å². The van der Waals surface area contributed by atoms with E-state index < -0.39 is 10.0 Å². The molecule has 8 heteroatoms. The Bertz CT molecular complexity index is 862. The van der Waals surface area contributed by atoms with Gasteiger partial charge in [-0.15, -0.1) is 4.40 Å². The quantitative estimate of drug-likeness (QED) is 0.814. The lowest BCUT2D eigenvalue weighted by Gasteiger charge is -2.34. The average Bonchev–Trinajstić information content (AvgIpc) is 3.21. The molecule has 1 aromatic rings. The van der Waals surface area contributed by atoms with Crippen molar-refractivity contribution < 1.29 is 13.2 Å². The summed E-state index contributed by atoms with van der Waals surface area (Å²) in [4.78, 5) is 17.2. The summed E-state index contributed by atoms with van der Waals surface area (Å²) in [5.74, 6) is 0.566. The number of anilines is 1. The molecule has 1 atom stereocenters. The molecule has 3 aliphatic heterocycles. The normalized spacial score (nSPS) is 24.4. The highest BCUT2D eigenvalue weighted by molar-refractivity contribution is 7.90. The molecule has 0 spiro atoms. The van der Waals surface area contributed by atoms with E-state index in [0.29, 0.717) is 24.5 Å². The van der Waals surface area contributed by atoms with Crippen LogP contribution in [0.2, 0.25) is 0 Å². The Morgan fingerprint density at radius 2 is 1.93 bits per heavy atom. The van der Waals surface area contributed by atoms with E-state index in [2.05, 4.69) is 14.6 Å². The topological polar surface area (TPSA) is 82.1 Å². The first-order chi connectivity index (χ1) is 13.5. The number of para-hydroxylation sites is 1. The summed E-state index contributed by atoms with van der Waals surface area (Å²) in [5.41, 5.74) is 0.571. The molecule has 1 N–H and O–H groups in total. The molecular formula is C20H28N4O3S. The second kappa shape index (κ2) is 8.21. The van der Waals surface area contributed by atoms with Crippen molar-refractivity contribution in [2.75, 3.05) is 38.0 Å². The summed E-state index contributed by atoms with van der Waals surface area (Å²) in [6.45, 7) is 4.58. The number of fused-ring (bicyclic) bond motifs is 1. The van der Waals surface area contributed by atoms with Crippen molar-refractivity contribution in [1.29, 1.82) is 0 Å². The van der Waals surface area contributed by atoms with Gasteiger partial charge in [0.15, 0.2) is 0 Å². The maximum Gasteiger partial charge on any atom is 0.286 e. The summed E-state index contributed by atoms with van der Waals surface area (Å²) in [6, 6.07) is 6.82. The van der Waals surface area contributed by atoms with E-state index in [9.17, 15) is 13.2 Å². The Morgan fingerprint density at radius 3 is 2.75 bits per heavy atom. The van der Waals surface area contributed by atoms with Gasteiger partial charge in [-0.3, -0.25) is 4.79 Å². The number of carbonyl (C=O) groups is 1. The number of nitrogens with one attached hydrogen (secondary N) is 1. The molecule has 1 aromatic carbocycles. The lowest BCUT2D eigenvalue weighted by Crippen LogP contribution is -2.44. The molecular weight excluding hydrogens is 376 g/mol. The molecule has 2 fully saturated rings.